The number of thiazole rings is 1. The molecule has 22 heteroatoms. The predicted molar refractivity (Wildman–Crippen MR) is 194 cm³/mol. The van der Waals surface area contributed by atoms with Gasteiger partial charge in [-0.05, 0) is 56.7 Å². The average molecular weight is 807 g/mol. The number of methoxy groups -OCH3 is 1. The molecule has 4 rings (SSSR count). The fourth-order valence-electron chi connectivity index (χ4n) is 4.56. The Bertz CT molecular complexity index is 2070. The lowest BCUT2D eigenvalue weighted by Gasteiger charge is -2.22. The second kappa shape index (κ2) is 19.3. The summed E-state index contributed by atoms with van der Waals surface area (Å²) in [7, 11) is -2.75. The molecule has 298 valence electrons. The Balaban J connectivity index is 1.19. The summed E-state index contributed by atoms with van der Waals surface area (Å²) in [6.07, 6.45) is 0.657. The summed E-state index contributed by atoms with van der Waals surface area (Å²) in [5, 5.41) is 30.0. The van der Waals surface area contributed by atoms with E-state index in [9.17, 15) is 32.7 Å². The first kappa shape index (κ1) is 42.3. The van der Waals surface area contributed by atoms with Crippen LogP contribution in [0.15, 0.2) is 53.0 Å². The van der Waals surface area contributed by atoms with Crippen molar-refractivity contribution in [1.29, 1.82) is 0 Å². The number of aliphatic hydroxyl groups excluding tert-OH is 1. The number of rotatable bonds is 19. The van der Waals surface area contributed by atoms with Crippen molar-refractivity contribution in [3.8, 4) is 11.5 Å². The Labute approximate surface area is 319 Å². The van der Waals surface area contributed by atoms with E-state index in [0.717, 1.165) is 11.3 Å². The van der Waals surface area contributed by atoms with Gasteiger partial charge < -0.3 is 44.7 Å². The van der Waals surface area contributed by atoms with Crippen LogP contribution in [-0.2, 0) is 58.4 Å². The molecule has 4 aromatic rings. The SMILES string of the molecule is COC(=O)[C@H](COCc1cccc(OCCNC(=O)[C@@H](CO)NC(=O)OC(C)(C)C)c1)NC(=O)Cn1cc(COc2ccc3nc(S(N)(=O)=O)sc3c2)nn1. The van der Waals surface area contributed by atoms with Crippen LogP contribution in [0.1, 0.15) is 32.0 Å². The molecule has 0 saturated heterocycles. The summed E-state index contributed by atoms with van der Waals surface area (Å²) in [5.74, 6) is -1.01. The van der Waals surface area contributed by atoms with Crippen LogP contribution < -0.4 is 30.6 Å². The van der Waals surface area contributed by atoms with Gasteiger partial charge in [-0.25, -0.2) is 32.8 Å². The summed E-state index contributed by atoms with van der Waals surface area (Å²) in [5.41, 5.74) is 0.775. The number of amides is 3. The number of ether oxygens (including phenoxy) is 5. The van der Waals surface area contributed by atoms with Crippen molar-refractivity contribution < 1.29 is 56.4 Å². The molecule has 0 saturated carbocycles. The molecular formula is C33H42N8O12S2. The summed E-state index contributed by atoms with van der Waals surface area (Å²) in [6, 6.07) is 9.39. The number of nitrogens with zero attached hydrogens (tertiary/aromatic N) is 4. The minimum Gasteiger partial charge on any atom is -0.492 e. The molecule has 0 fully saturated rings. The second-order valence-corrected chi connectivity index (χ2v) is 15.4. The molecule has 6 N–H and O–H groups in total. The molecule has 0 aliphatic heterocycles. The zero-order valence-corrected chi connectivity index (χ0v) is 32.0. The highest BCUT2D eigenvalue weighted by Crippen LogP contribution is 2.28. The van der Waals surface area contributed by atoms with E-state index in [0.29, 0.717) is 33.0 Å². The van der Waals surface area contributed by atoms with Crippen molar-refractivity contribution in [2.75, 3.05) is 33.5 Å². The first-order valence-electron chi connectivity index (χ1n) is 16.5. The van der Waals surface area contributed by atoms with Crippen LogP contribution in [0.3, 0.4) is 0 Å². The van der Waals surface area contributed by atoms with Gasteiger partial charge in [0.15, 0.2) is 6.04 Å². The van der Waals surface area contributed by atoms with Crippen LogP contribution in [-0.4, -0.2) is 109 Å². The van der Waals surface area contributed by atoms with Crippen molar-refractivity contribution in [3.63, 3.8) is 0 Å². The van der Waals surface area contributed by atoms with Crippen molar-refractivity contribution >= 4 is 55.5 Å². The smallest absolute Gasteiger partial charge is 0.408 e. The number of primary sulfonamides is 1. The number of alkyl carbamates (subject to hydrolysis) is 1. The van der Waals surface area contributed by atoms with E-state index in [2.05, 4.69) is 31.2 Å². The van der Waals surface area contributed by atoms with E-state index in [1.807, 2.05) is 0 Å². The van der Waals surface area contributed by atoms with E-state index in [-0.39, 0.29) is 43.9 Å². The first-order chi connectivity index (χ1) is 26.0. The van der Waals surface area contributed by atoms with Gasteiger partial charge in [0.05, 0.1) is 49.9 Å². The lowest BCUT2D eigenvalue weighted by atomic mass is 10.2. The molecule has 2 heterocycles. The Morgan fingerprint density at radius 2 is 1.78 bits per heavy atom. The van der Waals surface area contributed by atoms with E-state index in [1.54, 1.807) is 63.2 Å². The molecule has 0 unspecified atom stereocenters. The lowest BCUT2D eigenvalue weighted by Crippen LogP contribution is -2.50. The van der Waals surface area contributed by atoms with Crippen molar-refractivity contribution in [2.45, 2.75) is 62.6 Å². The quantitative estimate of drug-likeness (QED) is 0.0633. The number of nitrogens with one attached hydrogen (secondary N) is 3. The maximum atomic E-state index is 12.8. The standard InChI is InChI=1S/C33H42N8O12S2/c1-33(2,3)53-31(46)37-25(16-42)29(44)35-10-11-51-22-7-5-6-20(12-22)17-50-19-26(30(45)49-4)36-28(43)15-41-14-21(39-40-41)18-52-23-8-9-24-27(13-23)54-32(38-24)55(34,47)48/h5-9,12-14,25-26,42H,10-11,15-19H2,1-4H3,(H,35,44)(H,36,43)(H,37,46)(H2,34,47,48)/t25-,26+/m1/s1. The number of carbonyl (C=O) groups excluding carboxylic acids is 4. The zero-order valence-electron chi connectivity index (χ0n) is 30.3. The van der Waals surface area contributed by atoms with Crippen molar-refractivity contribution in [2.24, 2.45) is 5.14 Å². The highest BCUT2D eigenvalue weighted by atomic mass is 32.2. The Morgan fingerprint density at radius 3 is 2.49 bits per heavy atom. The second-order valence-electron chi connectivity index (χ2n) is 12.7. The topological polar surface area (TPSA) is 275 Å². The molecule has 55 heavy (non-hydrogen) atoms. The van der Waals surface area contributed by atoms with Gasteiger partial charge in [-0.1, -0.05) is 17.3 Å². The molecule has 0 bridgehead atoms. The van der Waals surface area contributed by atoms with Gasteiger partial charge >= 0.3 is 12.1 Å². The molecule has 0 spiro atoms. The van der Waals surface area contributed by atoms with Gasteiger partial charge in [0.1, 0.15) is 48.6 Å². The molecule has 2 atom stereocenters. The third-order valence-electron chi connectivity index (χ3n) is 6.99. The van der Waals surface area contributed by atoms with Gasteiger partial charge in [-0.3, -0.25) is 9.59 Å². The zero-order chi connectivity index (χ0) is 40.2. The predicted octanol–water partition coefficient (Wildman–Crippen LogP) is 0.369. The maximum Gasteiger partial charge on any atom is 0.408 e. The molecular weight excluding hydrogens is 765 g/mol. The van der Waals surface area contributed by atoms with E-state index in [4.69, 9.17) is 28.8 Å². The summed E-state index contributed by atoms with van der Waals surface area (Å²) in [6.45, 7) is 4.11. The number of hydrogen-bond donors (Lipinski definition) is 5. The van der Waals surface area contributed by atoms with Gasteiger partial charge in [-0.2, -0.15) is 0 Å². The fraction of sp³-hybridized carbons (Fsp3) is 0.424. The molecule has 20 nitrogen and oxygen atoms in total. The average Bonchev–Trinajstić information content (AvgIpc) is 3.77. The largest absolute Gasteiger partial charge is 0.492 e. The number of fused-ring (bicyclic) bond motifs is 1. The lowest BCUT2D eigenvalue weighted by molar-refractivity contribution is -0.147. The first-order valence-corrected chi connectivity index (χ1v) is 18.9. The number of hydrogen-bond acceptors (Lipinski definition) is 16. The van der Waals surface area contributed by atoms with Crippen LogP contribution in [0.2, 0.25) is 0 Å². The summed E-state index contributed by atoms with van der Waals surface area (Å²) < 4.78 is 51.9. The van der Waals surface area contributed by atoms with Crippen molar-refractivity contribution in [1.82, 2.24) is 35.9 Å². The molecule has 0 radical (unpaired) electrons. The number of aromatic nitrogens is 4. The molecule has 2 aromatic carbocycles. The summed E-state index contributed by atoms with van der Waals surface area (Å²) >= 11 is 0.916. The number of carbonyl (C=O) groups is 4. The van der Waals surface area contributed by atoms with Gasteiger partial charge in [-0.15, -0.1) is 16.4 Å². The van der Waals surface area contributed by atoms with E-state index in [1.165, 1.54) is 18.0 Å². The Kier molecular flexibility index (Phi) is 14.8. The molecule has 0 aliphatic rings. The Hall–Kier alpha value is -5.42. The van der Waals surface area contributed by atoms with Gasteiger partial charge in [0.25, 0.3) is 10.0 Å². The van der Waals surface area contributed by atoms with Crippen LogP contribution in [0.25, 0.3) is 10.2 Å². The number of esters is 1. The van der Waals surface area contributed by atoms with Crippen LogP contribution in [0.5, 0.6) is 11.5 Å². The molecule has 2 aromatic heterocycles. The molecule has 0 aliphatic carbocycles. The minimum atomic E-state index is -3.93. The summed E-state index contributed by atoms with van der Waals surface area (Å²) in [4.78, 5) is 53.5. The molecule has 3 amide bonds. The number of sulfonamides is 1. The maximum absolute atomic E-state index is 12.8. The van der Waals surface area contributed by atoms with E-state index >= 15 is 0 Å². The Morgan fingerprint density at radius 1 is 1.02 bits per heavy atom. The van der Waals surface area contributed by atoms with Crippen LogP contribution in [0.4, 0.5) is 4.79 Å². The van der Waals surface area contributed by atoms with Crippen LogP contribution >= 0.6 is 11.3 Å². The van der Waals surface area contributed by atoms with Crippen LogP contribution in [0, 0.1) is 0 Å². The van der Waals surface area contributed by atoms with Gasteiger partial charge in [0.2, 0.25) is 16.2 Å². The highest BCUT2D eigenvalue weighted by molar-refractivity contribution is 7.91. The van der Waals surface area contributed by atoms with E-state index < -0.39 is 58.2 Å². The fourth-order valence-corrected chi connectivity index (χ4v) is 6.25. The third kappa shape index (κ3) is 13.7. The number of aliphatic hydroxyl groups is 1. The third-order valence-corrected chi connectivity index (χ3v) is 9.33. The van der Waals surface area contributed by atoms with Gasteiger partial charge in [0, 0.05) is 0 Å². The monoisotopic (exact) mass is 806 g/mol. The number of benzene rings is 2. The minimum absolute atomic E-state index is 0.00442. The number of nitrogens with two attached hydrogens (primary N) is 1. The highest BCUT2D eigenvalue weighted by Gasteiger charge is 2.24. The van der Waals surface area contributed by atoms with Crippen molar-refractivity contribution in [3.05, 3.63) is 59.9 Å². The normalized spacial score (nSPS) is 12.7.